The fraction of sp³-hybridized carbons (Fsp3) is 0.100. The van der Waals surface area contributed by atoms with Gasteiger partial charge in [-0.2, -0.15) is 0 Å². The Labute approximate surface area is 87.1 Å². The summed E-state index contributed by atoms with van der Waals surface area (Å²) in [5, 5.41) is 10.0. The van der Waals surface area contributed by atoms with Crippen molar-refractivity contribution in [1.82, 2.24) is 4.98 Å². The normalized spacial score (nSPS) is 11.8. The molecule has 78 valence electrons. The average molecular weight is 223 g/mol. The summed E-state index contributed by atoms with van der Waals surface area (Å²) in [6.07, 6.45) is 1.10. The van der Waals surface area contributed by atoms with Crippen LogP contribution in [0.5, 0.6) is 5.75 Å². The van der Waals surface area contributed by atoms with Gasteiger partial charge in [-0.1, -0.05) is 6.07 Å². The van der Waals surface area contributed by atoms with E-state index < -0.39 is 9.84 Å². The molecule has 0 aliphatic rings. The second kappa shape index (κ2) is 3.20. The maximum absolute atomic E-state index is 11.2. The lowest BCUT2D eigenvalue weighted by atomic mass is 10.2. The predicted octanol–water partition coefficient (Wildman–Crippen LogP) is 1.34. The topological polar surface area (TPSA) is 67.3 Å². The largest absolute Gasteiger partial charge is 0.507 e. The number of pyridine rings is 1. The summed E-state index contributed by atoms with van der Waals surface area (Å²) in [6, 6.07) is 7.75. The molecule has 0 bridgehead atoms. The van der Waals surface area contributed by atoms with E-state index in [9.17, 15) is 13.5 Å². The van der Waals surface area contributed by atoms with Crippen molar-refractivity contribution in [1.29, 1.82) is 0 Å². The molecule has 0 atom stereocenters. The number of aromatic hydroxyl groups is 1. The summed E-state index contributed by atoms with van der Waals surface area (Å²) in [5.41, 5.74) is 0.470. The summed E-state index contributed by atoms with van der Waals surface area (Å²) in [5.74, 6) is 0.0973. The number of nitrogens with zero attached hydrogens (tertiary/aromatic N) is 1. The molecule has 1 aromatic carbocycles. The quantitative estimate of drug-likeness (QED) is 0.792. The number of sulfone groups is 1. The smallest absolute Gasteiger partial charge is 0.192 e. The van der Waals surface area contributed by atoms with Crippen LogP contribution in [0.4, 0.5) is 0 Å². The molecule has 0 aliphatic carbocycles. The second-order valence-corrected chi connectivity index (χ2v) is 5.23. The molecule has 2 rings (SSSR count). The van der Waals surface area contributed by atoms with Gasteiger partial charge < -0.3 is 5.11 Å². The fourth-order valence-corrected chi connectivity index (χ4v) is 1.91. The van der Waals surface area contributed by atoms with Crippen LogP contribution in [0.25, 0.3) is 10.9 Å². The lowest BCUT2D eigenvalue weighted by molar-refractivity contribution is 0.481. The van der Waals surface area contributed by atoms with Crippen molar-refractivity contribution in [3.05, 3.63) is 30.3 Å². The Balaban J connectivity index is 2.79. The molecule has 0 aliphatic heterocycles. The number of hydrogen-bond donors (Lipinski definition) is 1. The highest BCUT2D eigenvalue weighted by Crippen LogP contribution is 2.23. The molecule has 2 aromatic rings. The minimum atomic E-state index is -3.30. The summed E-state index contributed by atoms with van der Waals surface area (Å²) in [7, 11) is -3.30. The van der Waals surface area contributed by atoms with Crippen LogP contribution in [0.2, 0.25) is 0 Å². The third-order valence-corrected chi connectivity index (χ3v) is 3.05. The maximum Gasteiger partial charge on any atom is 0.192 e. The van der Waals surface area contributed by atoms with Gasteiger partial charge in [0.25, 0.3) is 0 Å². The molecule has 0 spiro atoms. The standard InChI is InChI=1S/C10H9NO3S/c1-15(13,14)10-6-5-7-8(11-10)3-2-4-9(7)12/h2-6,12H,1H3. The first-order valence-corrected chi connectivity index (χ1v) is 6.16. The highest BCUT2D eigenvalue weighted by molar-refractivity contribution is 7.90. The highest BCUT2D eigenvalue weighted by atomic mass is 32.2. The number of benzene rings is 1. The molecule has 1 N–H and O–H groups in total. The van der Waals surface area contributed by atoms with Gasteiger partial charge >= 0.3 is 0 Å². The minimum Gasteiger partial charge on any atom is -0.507 e. The van der Waals surface area contributed by atoms with E-state index in [2.05, 4.69) is 4.98 Å². The van der Waals surface area contributed by atoms with E-state index >= 15 is 0 Å². The van der Waals surface area contributed by atoms with E-state index in [-0.39, 0.29) is 10.8 Å². The van der Waals surface area contributed by atoms with Crippen molar-refractivity contribution in [2.75, 3.05) is 6.26 Å². The number of phenolic OH excluding ortho intramolecular Hbond substituents is 1. The number of hydrogen-bond acceptors (Lipinski definition) is 4. The molecule has 5 heteroatoms. The van der Waals surface area contributed by atoms with Crippen molar-refractivity contribution in [3.63, 3.8) is 0 Å². The molecule has 0 saturated heterocycles. The number of fused-ring (bicyclic) bond motifs is 1. The second-order valence-electron chi connectivity index (χ2n) is 3.27. The first kappa shape index (κ1) is 9.92. The maximum atomic E-state index is 11.2. The molecule has 0 amide bonds. The van der Waals surface area contributed by atoms with E-state index in [1.807, 2.05) is 0 Å². The molecule has 1 aromatic heterocycles. The lowest BCUT2D eigenvalue weighted by Gasteiger charge is -2.02. The Morgan fingerprint density at radius 3 is 2.60 bits per heavy atom. The summed E-state index contributed by atoms with van der Waals surface area (Å²) < 4.78 is 22.5. The van der Waals surface area contributed by atoms with E-state index in [0.717, 1.165) is 6.26 Å². The first-order valence-electron chi connectivity index (χ1n) is 4.27. The lowest BCUT2D eigenvalue weighted by Crippen LogP contribution is -2.00. The summed E-state index contributed by atoms with van der Waals surface area (Å²) in [6.45, 7) is 0. The Morgan fingerprint density at radius 1 is 1.20 bits per heavy atom. The zero-order valence-corrected chi connectivity index (χ0v) is 8.82. The third kappa shape index (κ3) is 1.78. The van der Waals surface area contributed by atoms with E-state index in [1.54, 1.807) is 18.2 Å². The number of rotatable bonds is 1. The number of aromatic nitrogens is 1. The van der Waals surface area contributed by atoms with Gasteiger partial charge in [0.1, 0.15) is 5.75 Å². The Kier molecular flexibility index (Phi) is 2.12. The molecule has 0 fully saturated rings. The average Bonchev–Trinajstić information content (AvgIpc) is 2.16. The molecule has 0 radical (unpaired) electrons. The molecule has 4 nitrogen and oxygen atoms in total. The first-order chi connectivity index (χ1) is 6.98. The third-order valence-electron chi connectivity index (χ3n) is 2.06. The van der Waals surface area contributed by atoms with Crippen LogP contribution >= 0.6 is 0 Å². The molecular formula is C10H9NO3S. The van der Waals surface area contributed by atoms with Gasteiger partial charge in [0, 0.05) is 11.6 Å². The zero-order valence-electron chi connectivity index (χ0n) is 8.01. The Bertz CT molecular complexity index is 620. The van der Waals surface area contributed by atoms with Crippen LogP contribution in [0.1, 0.15) is 0 Å². The fourth-order valence-electron chi connectivity index (χ4n) is 1.33. The predicted molar refractivity (Wildman–Crippen MR) is 56.5 cm³/mol. The van der Waals surface area contributed by atoms with Crippen molar-refractivity contribution in [2.24, 2.45) is 0 Å². The van der Waals surface area contributed by atoms with Gasteiger partial charge in [0.05, 0.1) is 5.52 Å². The molecular weight excluding hydrogens is 214 g/mol. The zero-order chi connectivity index (χ0) is 11.1. The van der Waals surface area contributed by atoms with Crippen LogP contribution in [0.15, 0.2) is 35.4 Å². The van der Waals surface area contributed by atoms with Gasteiger partial charge in [-0.05, 0) is 24.3 Å². The van der Waals surface area contributed by atoms with Crippen LogP contribution in [-0.4, -0.2) is 24.8 Å². The van der Waals surface area contributed by atoms with E-state index in [1.165, 1.54) is 12.1 Å². The molecule has 15 heavy (non-hydrogen) atoms. The summed E-state index contributed by atoms with van der Waals surface area (Å²) >= 11 is 0. The van der Waals surface area contributed by atoms with Gasteiger partial charge in [-0.15, -0.1) is 0 Å². The SMILES string of the molecule is CS(=O)(=O)c1ccc2c(O)cccc2n1. The van der Waals surface area contributed by atoms with Crippen LogP contribution in [0.3, 0.4) is 0 Å². The monoisotopic (exact) mass is 223 g/mol. The Hall–Kier alpha value is -1.62. The number of phenols is 1. The van der Waals surface area contributed by atoms with Crippen LogP contribution in [0, 0.1) is 0 Å². The summed E-state index contributed by atoms with van der Waals surface area (Å²) in [4.78, 5) is 3.96. The van der Waals surface area contributed by atoms with Gasteiger partial charge in [0.2, 0.25) is 0 Å². The van der Waals surface area contributed by atoms with Crippen molar-refractivity contribution < 1.29 is 13.5 Å². The van der Waals surface area contributed by atoms with Crippen LogP contribution < -0.4 is 0 Å². The van der Waals surface area contributed by atoms with Gasteiger partial charge in [0.15, 0.2) is 14.9 Å². The van der Waals surface area contributed by atoms with E-state index in [4.69, 9.17) is 0 Å². The molecule has 0 saturated carbocycles. The van der Waals surface area contributed by atoms with Crippen molar-refractivity contribution in [2.45, 2.75) is 5.03 Å². The van der Waals surface area contributed by atoms with Gasteiger partial charge in [-0.3, -0.25) is 0 Å². The van der Waals surface area contributed by atoms with Crippen molar-refractivity contribution in [3.8, 4) is 5.75 Å². The molecule has 1 heterocycles. The van der Waals surface area contributed by atoms with E-state index in [0.29, 0.717) is 10.9 Å². The van der Waals surface area contributed by atoms with Crippen LogP contribution in [-0.2, 0) is 9.84 Å². The molecule has 0 unspecified atom stereocenters. The Morgan fingerprint density at radius 2 is 1.93 bits per heavy atom. The highest BCUT2D eigenvalue weighted by Gasteiger charge is 2.10. The van der Waals surface area contributed by atoms with Gasteiger partial charge in [-0.25, -0.2) is 13.4 Å². The minimum absolute atomic E-state index is 0.0144. The van der Waals surface area contributed by atoms with Crippen molar-refractivity contribution >= 4 is 20.7 Å².